The summed E-state index contributed by atoms with van der Waals surface area (Å²) in [6.07, 6.45) is -6.57. The zero-order valence-corrected chi connectivity index (χ0v) is 13.7. The van der Waals surface area contributed by atoms with Crippen LogP contribution in [0, 0.1) is 0 Å². The number of ether oxygens (including phenoxy) is 1. The second-order valence-electron chi connectivity index (χ2n) is 5.33. The molecule has 7 N–H and O–H groups in total. The minimum absolute atomic E-state index is 0.0833. The molecule has 4 atom stereocenters. The Kier molecular flexibility index (Phi) is 7.68. The molecule has 0 spiro atoms. The smallest absolute Gasteiger partial charge is 0.233 e. The van der Waals surface area contributed by atoms with Crippen LogP contribution < -0.4 is 4.74 Å². The Labute approximate surface area is 147 Å². The van der Waals surface area contributed by atoms with Gasteiger partial charge in [-0.3, -0.25) is 9.59 Å². The molecule has 1 rings (SSSR count). The van der Waals surface area contributed by atoms with E-state index in [0.717, 1.165) is 18.2 Å². The van der Waals surface area contributed by atoms with Crippen LogP contribution in [0.1, 0.15) is 5.56 Å². The lowest BCUT2D eigenvalue weighted by atomic mass is 9.98. The number of phenols is 2. The Bertz CT molecular complexity index is 684. The number of benzene rings is 1. The molecule has 10 heteroatoms. The molecule has 10 nitrogen and oxygen atoms in total. The molecule has 0 bridgehead atoms. The largest absolute Gasteiger partial charge is 0.504 e. The number of rotatable bonds is 9. The molecule has 26 heavy (non-hydrogen) atoms. The van der Waals surface area contributed by atoms with Gasteiger partial charge in [0, 0.05) is 0 Å². The molecule has 144 valence electrons. The number of methoxy groups -OCH3 is 1. The van der Waals surface area contributed by atoms with Gasteiger partial charge < -0.3 is 40.5 Å². The first-order chi connectivity index (χ1) is 12.1. The van der Waals surface area contributed by atoms with Crippen LogP contribution in [0.5, 0.6) is 17.2 Å². The van der Waals surface area contributed by atoms with Crippen LogP contribution in [0.15, 0.2) is 18.2 Å². The summed E-state index contributed by atoms with van der Waals surface area (Å²) in [5.74, 6) is -3.83. The van der Waals surface area contributed by atoms with Crippen molar-refractivity contribution in [2.75, 3.05) is 13.7 Å². The Hall–Kier alpha value is -2.50. The van der Waals surface area contributed by atoms with Crippen molar-refractivity contribution in [3.63, 3.8) is 0 Å². The third kappa shape index (κ3) is 5.00. The Morgan fingerprint density at radius 3 is 2.27 bits per heavy atom. The monoisotopic (exact) mass is 372 g/mol. The van der Waals surface area contributed by atoms with Crippen LogP contribution in [-0.2, 0) is 9.59 Å². The molecule has 0 amide bonds. The van der Waals surface area contributed by atoms with Gasteiger partial charge in [-0.05, 0) is 23.8 Å². The van der Waals surface area contributed by atoms with Crippen molar-refractivity contribution >= 4 is 17.6 Å². The molecule has 0 aliphatic carbocycles. The number of aliphatic hydroxyl groups is 5. The summed E-state index contributed by atoms with van der Waals surface area (Å²) < 4.78 is 4.81. The fraction of sp³-hybridized carbons (Fsp3) is 0.375. The lowest BCUT2D eigenvalue weighted by Gasteiger charge is -2.24. The van der Waals surface area contributed by atoms with Gasteiger partial charge in [0.15, 0.2) is 11.5 Å². The predicted molar refractivity (Wildman–Crippen MR) is 86.5 cm³/mol. The van der Waals surface area contributed by atoms with Crippen molar-refractivity contribution in [2.45, 2.75) is 24.4 Å². The van der Waals surface area contributed by atoms with E-state index < -0.39 is 54.1 Å². The third-order valence-electron chi connectivity index (χ3n) is 3.49. The van der Waals surface area contributed by atoms with Gasteiger partial charge in [-0.25, -0.2) is 0 Å². The Balaban J connectivity index is 2.88. The summed E-state index contributed by atoms with van der Waals surface area (Å²) in [5.41, 5.74) is 0.184. The first-order valence-electron chi connectivity index (χ1n) is 7.33. The van der Waals surface area contributed by atoms with Crippen LogP contribution in [-0.4, -0.2) is 85.4 Å². The maximum absolute atomic E-state index is 11.8. The van der Waals surface area contributed by atoms with E-state index in [0.29, 0.717) is 0 Å². The highest BCUT2D eigenvalue weighted by Crippen LogP contribution is 2.36. The van der Waals surface area contributed by atoms with Crippen molar-refractivity contribution in [3.8, 4) is 17.2 Å². The van der Waals surface area contributed by atoms with Gasteiger partial charge in [0.1, 0.15) is 24.4 Å². The van der Waals surface area contributed by atoms with Crippen molar-refractivity contribution in [2.24, 2.45) is 0 Å². The first-order valence-corrected chi connectivity index (χ1v) is 7.33. The number of Topliss-reactive ketones (excluding diaryl/α,β-unsaturated/α-hetero) is 1. The number of allylic oxidation sites excluding steroid dienone is 1. The number of aromatic hydroxyl groups is 2. The average Bonchev–Trinajstić information content (AvgIpc) is 2.65. The van der Waals surface area contributed by atoms with Crippen LogP contribution in [0.2, 0.25) is 0 Å². The standard InChI is InChI=1S/C16H20O10/c1-26-11-5-7(4-9(19)12(11)21)2-3-8(18)13(22)15(24)16(25)14(23)10(20)6-17/h2-5,10,14-17,19-21,23-25H,6H2,1H3/b3-2+/t10-,14-,15+,16+/m1/s1. The minimum Gasteiger partial charge on any atom is -0.504 e. The van der Waals surface area contributed by atoms with Gasteiger partial charge in [0.25, 0.3) is 0 Å². The van der Waals surface area contributed by atoms with Crippen molar-refractivity contribution in [1.82, 2.24) is 0 Å². The second-order valence-corrected chi connectivity index (χ2v) is 5.33. The van der Waals surface area contributed by atoms with E-state index >= 15 is 0 Å². The van der Waals surface area contributed by atoms with E-state index in [1.54, 1.807) is 0 Å². The zero-order chi connectivity index (χ0) is 20.0. The lowest BCUT2D eigenvalue weighted by Crippen LogP contribution is -2.49. The number of carbonyl (C=O) groups is 2. The normalized spacial score (nSPS) is 16.1. The number of hydrogen-bond donors (Lipinski definition) is 7. The molecule has 0 saturated heterocycles. The number of ketones is 2. The van der Waals surface area contributed by atoms with Gasteiger partial charge in [-0.2, -0.15) is 0 Å². The van der Waals surface area contributed by atoms with Gasteiger partial charge in [-0.15, -0.1) is 0 Å². The highest BCUT2D eigenvalue weighted by molar-refractivity contribution is 6.43. The van der Waals surface area contributed by atoms with E-state index in [4.69, 9.17) is 9.84 Å². The van der Waals surface area contributed by atoms with Crippen molar-refractivity contribution in [3.05, 3.63) is 23.8 Å². The van der Waals surface area contributed by atoms with E-state index in [1.165, 1.54) is 13.2 Å². The number of aliphatic hydroxyl groups excluding tert-OH is 5. The number of hydrogen-bond acceptors (Lipinski definition) is 10. The topological polar surface area (TPSA) is 185 Å². The fourth-order valence-electron chi connectivity index (χ4n) is 1.94. The SMILES string of the molecule is COc1cc(/C=C/C(=O)C(=O)[C@H](O)[C@@H](O)[C@H](O)[C@H](O)CO)cc(O)c1O. The van der Waals surface area contributed by atoms with E-state index in [9.17, 15) is 40.2 Å². The molecule has 0 radical (unpaired) electrons. The molecular formula is C16H20O10. The molecule has 0 aromatic heterocycles. The van der Waals surface area contributed by atoms with Crippen LogP contribution in [0.25, 0.3) is 6.08 Å². The molecular weight excluding hydrogens is 352 g/mol. The van der Waals surface area contributed by atoms with Gasteiger partial charge in [0.2, 0.25) is 17.3 Å². The number of phenolic OH excluding ortho intramolecular Hbond substituents is 2. The zero-order valence-electron chi connectivity index (χ0n) is 13.7. The molecule has 0 unspecified atom stereocenters. The molecule has 0 saturated carbocycles. The molecule has 0 aliphatic rings. The summed E-state index contributed by atoms with van der Waals surface area (Å²) in [6, 6.07) is 2.34. The summed E-state index contributed by atoms with van der Waals surface area (Å²) in [4.78, 5) is 23.6. The van der Waals surface area contributed by atoms with Crippen molar-refractivity contribution < 1.29 is 50.1 Å². The lowest BCUT2D eigenvalue weighted by molar-refractivity contribution is -0.152. The fourth-order valence-corrected chi connectivity index (χ4v) is 1.94. The van der Waals surface area contributed by atoms with Crippen molar-refractivity contribution in [1.29, 1.82) is 0 Å². The van der Waals surface area contributed by atoms with E-state index in [1.807, 2.05) is 0 Å². The summed E-state index contributed by atoms with van der Waals surface area (Å²) in [5, 5.41) is 65.5. The Morgan fingerprint density at radius 1 is 1.12 bits per heavy atom. The van der Waals surface area contributed by atoms with E-state index in [-0.39, 0.29) is 11.3 Å². The predicted octanol–water partition coefficient (Wildman–Crippen LogP) is -2.31. The minimum atomic E-state index is -2.33. The summed E-state index contributed by atoms with van der Waals surface area (Å²) in [6.45, 7) is -0.931. The van der Waals surface area contributed by atoms with Gasteiger partial charge in [0.05, 0.1) is 13.7 Å². The average molecular weight is 372 g/mol. The summed E-state index contributed by atoms with van der Waals surface area (Å²) >= 11 is 0. The first kappa shape index (κ1) is 21.5. The van der Waals surface area contributed by atoms with Gasteiger partial charge >= 0.3 is 0 Å². The molecule has 1 aromatic carbocycles. The van der Waals surface area contributed by atoms with Crippen LogP contribution in [0.4, 0.5) is 0 Å². The number of carbonyl (C=O) groups excluding carboxylic acids is 2. The molecule has 0 heterocycles. The molecule has 1 aromatic rings. The maximum Gasteiger partial charge on any atom is 0.233 e. The molecule has 0 fully saturated rings. The quantitative estimate of drug-likeness (QED) is 0.141. The summed E-state index contributed by atoms with van der Waals surface area (Å²) in [7, 11) is 1.24. The van der Waals surface area contributed by atoms with Crippen LogP contribution >= 0.6 is 0 Å². The Morgan fingerprint density at radius 2 is 1.73 bits per heavy atom. The highest BCUT2D eigenvalue weighted by Gasteiger charge is 2.36. The van der Waals surface area contributed by atoms with Crippen LogP contribution in [0.3, 0.4) is 0 Å². The second kappa shape index (κ2) is 9.27. The third-order valence-corrected chi connectivity index (χ3v) is 3.49. The van der Waals surface area contributed by atoms with E-state index in [2.05, 4.69) is 0 Å². The maximum atomic E-state index is 11.8. The molecule has 0 aliphatic heterocycles. The van der Waals surface area contributed by atoms with Gasteiger partial charge in [-0.1, -0.05) is 6.08 Å². The highest BCUT2D eigenvalue weighted by atomic mass is 16.5.